The summed E-state index contributed by atoms with van der Waals surface area (Å²) >= 11 is 0. The van der Waals surface area contributed by atoms with Gasteiger partial charge in [-0.05, 0) is 6.42 Å². The van der Waals surface area contributed by atoms with E-state index in [2.05, 4.69) is 10.5 Å². The highest BCUT2D eigenvalue weighted by Crippen LogP contribution is 1.95. The van der Waals surface area contributed by atoms with Crippen molar-refractivity contribution in [3.8, 4) is 0 Å². The summed E-state index contributed by atoms with van der Waals surface area (Å²) in [7, 11) is 0. The first kappa shape index (κ1) is 12.2. The molecule has 0 aromatic carbocycles. The van der Waals surface area contributed by atoms with Crippen molar-refractivity contribution >= 4 is 5.84 Å². The molecule has 0 amide bonds. The Morgan fingerprint density at radius 1 is 1.62 bits per heavy atom. The number of aliphatic hydroxyl groups is 1. The molecule has 5 N–H and O–H groups in total. The molecule has 0 fully saturated rings. The van der Waals surface area contributed by atoms with Crippen molar-refractivity contribution in [2.45, 2.75) is 26.3 Å². The summed E-state index contributed by atoms with van der Waals surface area (Å²) < 4.78 is 0. The standard InChI is InChI=1S/C8H19N3O2/c1-3-7(5-12)10-4-6(2)8(9)11-13/h6-7,10,12-13H,3-5H2,1-2H3,(H2,9,11). The van der Waals surface area contributed by atoms with Crippen molar-refractivity contribution in [3.63, 3.8) is 0 Å². The summed E-state index contributed by atoms with van der Waals surface area (Å²) in [6.45, 7) is 4.56. The number of amidine groups is 1. The summed E-state index contributed by atoms with van der Waals surface area (Å²) in [5.74, 6) is 0.186. The van der Waals surface area contributed by atoms with Crippen LogP contribution in [-0.2, 0) is 0 Å². The molecular weight excluding hydrogens is 170 g/mol. The Bertz CT molecular complexity index is 157. The molecule has 0 radical (unpaired) electrons. The van der Waals surface area contributed by atoms with Crippen molar-refractivity contribution in [3.05, 3.63) is 0 Å². The number of nitrogens with two attached hydrogens (primary N) is 1. The molecule has 5 nitrogen and oxygen atoms in total. The highest BCUT2D eigenvalue weighted by Gasteiger charge is 2.09. The van der Waals surface area contributed by atoms with Gasteiger partial charge in [-0.3, -0.25) is 0 Å². The summed E-state index contributed by atoms with van der Waals surface area (Å²) in [6.07, 6.45) is 0.861. The Morgan fingerprint density at radius 3 is 2.62 bits per heavy atom. The Labute approximate surface area is 78.6 Å². The van der Waals surface area contributed by atoms with E-state index in [9.17, 15) is 0 Å². The summed E-state index contributed by atoms with van der Waals surface area (Å²) in [6, 6.07) is 0.0916. The van der Waals surface area contributed by atoms with Gasteiger partial charge in [-0.1, -0.05) is 19.0 Å². The molecule has 0 aromatic heterocycles. The van der Waals surface area contributed by atoms with Crippen LogP contribution in [0.5, 0.6) is 0 Å². The molecule has 5 heteroatoms. The van der Waals surface area contributed by atoms with Crippen LogP contribution in [0.25, 0.3) is 0 Å². The van der Waals surface area contributed by atoms with Gasteiger partial charge in [-0.15, -0.1) is 0 Å². The molecule has 13 heavy (non-hydrogen) atoms. The van der Waals surface area contributed by atoms with Crippen LogP contribution in [0.2, 0.25) is 0 Å². The van der Waals surface area contributed by atoms with Crippen LogP contribution in [0.15, 0.2) is 5.16 Å². The topological polar surface area (TPSA) is 90.9 Å². The van der Waals surface area contributed by atoms with Crippen molar-refractivity contribution < 1.29 is 10.3 Å². The van der Waals surface area contributed by atoms with Crippen LogP contribution in [0.4, 0.5) is 0 Å². The average Bonchev–Trinajstić information content (AvgIpc) is 2.17. The van der Waals surface area contributed by atoms with Crippen molar-refractivity contribution in [2.75, 3.05) is 13.2 Å². The molecule has 0 rings (SSSR count). The fourth-order valence-electron chi connectivity index (χ4n) is 0.885. The van der Waals surface area contributed by atoms with Gasteiger partial charge in [0.05, 0.1) is 6.61 Å². The van der Waals surface area contributed by atoms with Gasteiger partial charge in [0.2, 0.25) is 0 Å². The van der Waals surface area contributed by atoms with Gasteiger partial charge in [0.25, 0.3) is 0 Å². The minimum Gasteiger partial charge on any atom is -0.409 e. The second-order valence-electron chi connectivity index (χ2n) is 3.12. The van der Waals surface area contributed by atoms with Crippen LogP contribution in [0.1, 0.15) is 20.3 Å². The Balaban J connectivity index is 3.74. The van der Waals surface area contributed by atoms with Crippen LogP contribution in [0.3, 0.4) is 0 Å². The smallest absolute Gasteiger partial charge is 0.143 e. The Morgan fingerprint density at radius 2 is 2.23 bits per heavy atom. The van der Waals surface area contributed by atoms with E-state index in [1.807, 2.05) is 13.8 Å². The summed E-state index contributed by atoms with van der Waals surface area (Å²) in [5, 5.41) is 23.3. The number of nitrogens with one attached hydrogen (secondary N) is 1. The third-order valence-electron chi connectivity index (χ3n) is 2.05. The fraction of sp³-hybridized carbons (Fsp3) is 0.875. The monoisotopic (exact) mass is 189 g/mol. The van der Waals surface area contributed by atoms with E-state index in [1.165, 1.54) is 0 Å². The first-order valence-corrected chi connectivity index (χ1v) is 4.47. The molecule has 0 saturated heterocycles. The van der Waals surface area contributed by atoms with E-state index < -0.39 is 0 Å². The first-order chi connectivity index (χ1) is 6.15. The number of nitrogens with zero attached hydrogens (tertiary/aromatic N) is 1. The number of hydrogen-bond acceptors (Lipinski definition) is 4. The van der Waals surface area contributed by atoms with Crippen molar-refractivity contribution in [2.24, 2.45) is 16.8 Å². The van der Waals surface area contributed by atoms with Crippen LogP contribution in [0, 0.1) is 5.92 Å². The van der Waals surface area contributed by atoms with Gasteiger partial charge in [0.1, 0.15) is 5.84 Å². The zero-order valence-corrected chi connectivity index (χ0v) is 8.20. The summed E-state index contributed by atoms with van der Waals surface area (Å²) in [4.78, 5) is 0. The molecule has 0 spiro atoms. The van der Waals surface area contributed by atoms with Crippen LogP contribution < -0.4 is 11.1 Å². The molecule has 0 aliphatic heterocycles. The largest absolute Gasteiger partial charge is 0.409 e. The van der Waals surface area contributed by atoms with E-state index in [4.69, 9.17) is 16.0 Å². The first-order valence-electron chi connectivity index (χ1n) is 4.47. The molecule has 2 unspecified atom stereocenters. The van der Waals surface area contributed by atoms with Crippen LogP contribution in [-0.4, -0.2) is 35.3 Å². The third-order valence-corrected chi connectivity index (χ3v) is 2.05. The second kappa shape index (κ2) is 6.68. The van der Waals surface area contributed by atoms with Crippen LogP contribution >= 0.6 is 0 Å². The van der Waals surface area contributed by atoms with Gasteiger partial charge in [-0.2, -0.15) is 0 Å². The zero-order valence-electron chi connectivity index (χ0n) is 8.20. The van der Waals surface area contributed by atoms with E-state index >= 15 is 0 Å². The van der Waals surface area contributed by atoms with E-state index in [0.29, 0.717) is 6.54 Å². The predicted octanol–water partition coefficient (Wildman–Crippen LogP) is -0.271. The number of aliphatic hydroxyl groups excluding tert-OH is 1. The molecule has 2 atom stereocenters. The molecule has 0 aromatic rings. The van der Waals surface area contributed by atoms with Crippen molar-refractivity contribution in [1.82, 2.24) is 5.32 Å². The normalized spacial score (nSPS) is 17.0. The van der Waals surface area contributed by atoms with E-state index in [0.717, 1.165) is 6.42 Å². The lowest BCUT2D eigenvalue weighted by Gasteiger charge is -2.16. The maximum atomic E-state index is 8.86. The molecule has 0 aliphatic carbocycles. The Kier molecular flexibility index (Phi) is 6.26. The Hall–Kier alpha value is -0.810. The van der Waals surface area contributed by atoms with Gasteiger partial charge in [0, 0.05) is 18.5 Å². The molecular formula is C8H19N3O2. The predicted molar refractivity (Wildman–Crippen MR) is 51.7 cm³/mol. The zero-order chi connectivity index (χ0) is 10.3. The lowest BCUT2D eigenvalue weighted by Crippen LogP contribution is -2.38. The molecule has 0 heterocycles. The lowest BCUT2D eigenvalue weighted by atomic mass is 10.1. The molecule has 0 saturated carbocycles. The highest BCUT2D eigenvalue weighted by molar-refractivity contribution is 5.82. The maximum absolute atomic E-state index is 8.86. The minimum absolute atomic E-state index is 0.0226. The maximum Gasteiger partial charge on any atom is 0.143 e. The highest BCUT2D eigenvalue weighted by atomic mass is 16.4. The number of hydrogen-bond donors (Lipinski definition) is 4. The second-order valence-corrected chi connectivity index (χ2v) is 3.12. The SMILES string of the molecule is CCC(CO)NCC(C)C(N)=NO. The lowest BCUT2D eigenvalue weighted by molar-refractivity contribution is 0.237. The fourth-order valence-corrected chi connectivity index (χ4v) is 0.885. The van der Waals surface area contributed by atoms with E-state index in [-0.39, 0.29) is 24.4 Å². The van der Waals surface area contributed by atoms with Gasteiger partial charge in [0.15, 0.2) is 0 Å². The molecule has 0 aliphatic rings. The number of rotatable bonds is 6. The molecule has 78 valence electrons. The van der Waals surface area contributed by atoms with E-state index in [1.54, 1.807) is 0 Å². The third kappa shape index (κ3) is 4.69. The van der Waals surface area contributed by atoms with Gasteiger partial charge < -0.3 is 21.4 Å². The van der Waals surface area contributed by atoms with Crippen molar-refractivity contribution in [1.29, 1.82) is 0 Å². The molecule has 0 bridgehead atoms. The number of oxime groups is 1. The van der Waals surface area contributed by atoms with Gasteiger partial charge in [-0.25, -0.2) is 0 Å². The van der Waals surface area contributed by atoms with Gasteiger partial charge >= 0.3 is 0 Å². The average molecular weight is 189 g/mol. The summed E-state index contributed by atoms with van der Waals surface area (Å²) in [5.41, 5.74) is 5.38. The quantitative estimate of drug-likeness (QED) is 0.200. The minimum atomic E-state index is -0.0226.